The molecule has 0 bridgehead atoms. The Morgan fingerprint density at radius 3 is 2.33 bits per heavy atom. The molecule has 0 aliphatic heterocycles. The van der Waals surface area contributed by atoms with Crippen LogP contribution in [0.1, 0.15) is 28.2 Å². The predicted octanol–water partition coefficient (Wildman–Crippen LogP) is 2.43. The van der Waals surface area contributed by atoms with Crippen molar-refractivity contribution in [2.75, 3.05) is 0 Å². The second-order valence-electron chi connectivity index (χ2n) is 4.58. The topological polar surface area (TPSA) is 45.8 Å². The first-order valence-electron chi connectivity index (χ1n) is 5.78. The first-order valence-corrected chi connectivity index (χ1v) is 5.78. The Kier molecular flexibility index (Phi) is 3.28. The lowest BCUT2D eigenvalue weighted by Crippen LogP contribution is -2.17. The molecule has 0 atom stereocenters. The van der Waals surface area contributed by atoms with Crippen molar-refractivity contribution in [3.8, 4) is 0 Å². The van der Waals surface area contributed by atoms with E-state index in [1.165, 1.54) is 6.92 Å². The van der Waals surface area contributed by atoms with Crippen molar-refractivity contribution in [1.82, 2.24) is 9.97 Å². The number of aromatic amines is 1. The fourth-order valence-electron chi connectivity index (χ4n) is 2.08. The van der Waals surface area contributed by atoms with Crippen LogP contribution < -0.4 is 5.56 Å². The summed E-state index contributed by atoms with van der Waals surface area (Å²) in [6, 6.07) is 6.15. The van der Waals surface area contributed by atoms with Crippen LogP contribution in [0, 0.1) is 26.6 Å². The van der Waals surface area contributed by atoms with E-state index in [9.17, 15) is 9.18 Å². The summed E-state index contributed by atoms with van der Waals surface area (Å²) in [5.74, 6) is -0.317. The number of aromatic nitrogens is 2. The highest BCUT2D eigenvalue weighted by Gasteiger charge is 2.07. The molecule has 1 N–H and O–H groups in total. The normalized spacial score (nSPS) is 10.7. The van der Waals surface area contributed by atoms with Gasteiger partial charge in [-0.3, -0.25) is 4.79 Å². The fraction of sp³-hybridized carbons (Fsp3) is 0.286. The summed E-state index contributed by atoms with van der Waals surface area (Å²) in [6.45, 7) is 5.53. The van der Waals surface area contributed by atoms with Gasteiger partial charge < -0.3 is 4.98 Å². The van der Waals surface area contributed by atoms with Crippen molar-refractivity contribution in [3.05, 3.63) is 62.6 Å². The average molecular weight is 246 g/mol. The van der Waals surface area contributed by atoms with Gasteiger partial charge in [0.2, 0.25) is 5.82 Å². The van der Waals surface area contributed by atoms with Gasteiger partial charge in [0.15, 0.2) is 0 Å². The molecule has 2 aromatic rings. The highest BCUT2D eigenvalue weighted by Crippen LogP contribution is 2.11. The van der Waals surface area contributed by atoms with Gasteiger partial charge in [0.1, 0.15) is 5.82 Å². The molecule has 0 aliphatic rings. The molecule has 1 aromatic carbocycles. The van der Waals surface area contributed by atoms with Gasteiger partial charge in [0.05, 0.1) is 5.69 Å². The van der Waals surface area contributed by atoms with Crippen LogP contribution in [0.5, 0.6) is 0 Å². The monoisotopic (exact) mass is 246 g/mol. The van der Waals surface area contributed by atoms with Crippen LogP contribution in [0.4, 0.5) is 4.39 Å². The Bertz CT molecular complexity index is 626. The molecule has 0 amide bonds. The first kappa shape index (κ1) is 12.5. The minimum absolute atomic E-state index is 0.137. The van der Waals surface area contributed by atoms with Crippen LogP contribution in [0.15, 0.2) is 23.0 Å². The highest BCUT2D eigenvalue weighted by atomic mass is 19.1. The summed E-state index contributed by atoms with van der Waals surface area (Å²) in [5, 5.41) is 0. The predicted molar refractivity (Wildman–Crippen MR) is 68.3 cm³/mol. The summed E-state index contributed by atoms with van der Waals surface area (Å²) in [4.78, 5) is 17.8. The van der Waals surface area contributed by atoms with Crippen LogP contribution in [0.3, 0.4) is 0 Å². The average Bonchev–Trinajstić information content (AvgIpc) is 2.24. The molecule has 4 heteroatoms. The van der Waals surface area contributed by atoms with E-state index in [1.807, 2.05) is 26.0 Å². The zero-order chi connectivity index (χ0) is 13.3. The number of nitrogens with one attached hydrogen (secondary N) is 1. The zero-order valence-corrected chi connectivity index (χ0v) is 10.7. The van der Waals surface area contributed by atoms with Crippen molar-refractivity contribution < 1.29 is 4.39 Å². The molecule has 3 nitrogen and oxygen atoms in total. The van der Waals surface area contributed by atoms with Gasteiger partial charge in [0.25, 0.3) is 5.56 Å². The standard InChI is InChI=1S/C14H15FN2O/c1-8-4-9(2)6-11(5-8)7-12-16-10(3)13(15)14(18)17-12/h4-6H,7H2,1-3H3,(H,16,17,18). The fourth-order valence-corrected chi connectivity index (χ4v) is 2.08. The second kappa shape index (κ2) is 4.72. The van der Waals surface area contributed by atoms with Crippen molar-refractivity contribution in [3.63, 3.8) is 0 Å². The largest absolute Gasteiger partial charge is 0.308 e. The van der Waals surface area contributed by atoms with Gasteiger partial charge >= 0.3 is 0 Å². The number of rotatable bonds is 2. The Labute approximate surface area is 105 Å². The highest BCUT2D eigenvalue weighted by molar-refractivity contribution is 5.30. The summed E-state index contributed by atoms with van der Waals surface area (Å²) in [6.07, 6.45) is 0.499. The third kappa shape index (κ3) is 2.64. The van der Waals surface area contributed by atoms with E-state index in [-0.39, 0.29) is 5.69 Å². The Morgan fingerprint density at radius 1 is 1.17 bits per heavy atom. The molecule has 0 saturated heterocycles. The van der Waals surface area contributed by atoms with E-state index in [2.05, 4.69) is 16.0 Å². The maximum Gasteiger partial charge on any atom is 0.287 e. The van der Waals surface area contributed by atoms with Crippen LogP contribution in [0.25, 0.3) is 0 Å². The van der Waals surface area contributed by atoms with Gasteiger partial charge in [0, 0.05) is 6.42 Å². The molecule has 0 spiro atoms. The van der Waals surface area contributed by atoms with Gasteiger partial charge in [-0.2, -0.15) is 4.39 Å². The Morgan fingerprint density at radius 2 is 1.78 bits per heavy atom. The van der Waals surface area contributed by atoms with Crippen molar-refractivity contribution in [1.29, 1.82) is 0 Å². The lowest BCUT2D eigenvalue weighted by atomic mass is 10.0. The number of hydrogen-bond donors (Lipinski definition) is 1. The first-order chi connectivity index (χ1) is 8.45. The molecule has 0 fully saturated rings. The van der Waals surface area contributed by atoms with Crippen LogP contribution in [0.2, 0.25) is 0 Å². The number of halogens is 1. The molecular formula is C14H15FN2O. The number of H-pyrrole nitrogens is 1. The SMILES string of the molecule is Cc1cc(C)cc(Cc2nc(C)c(F)c(=O)[nH]2)c1. The molecule has 2 rings (SSSR count). The Balaban J connectivity index is 2.37. The van der Waals surface area contributed by atoms with E-state index in [1.54, 1.807) is 0 Å². The van der Waals surface area contributed by atoms with E-state index in [0.29, 0.717) is 12.2 Å². The lowest BCUT2D eigenvalue weighted by molar-refractivity contribution is 0.583. The molecular weight excluding hydrogens is 231 g/mol. The van der Waals surface area contributed by atoms with Crippen molar-refractivity contribution in [2.24, 2.45) is 0 Å². The summed E-state index contributed by atoms with van der Waals surface area (Å²) < 4.78 is 13.2. The summed E-state index contributed by atoms with van der Waals surface area (Å²) in [5.41, 5.74) is 2.80. The number of benzene rings is 1. The third-order valence-corrected chi connectivity index (χ3v) is 2.73. The molecule has 0 saturated carbocycles. The number of nitrogens with zero attached hydrogens (tertiary/aromatic N) is 1. The third-order valence-electron chi connectivity index (χ3n) is 2.73. The van der Waals surface area contributed by atoms with Crippen LogP contribution in [-0.2, 0) is 6.42 Å². The Hall–Kier alpha value is -1.97. The van der Waals surface area contributed by atoms with Gasteiger partial charge in [-0.05, 0) is 26.3 Å². The van der Waals surface area contributed by atoms with E-state index in [0.717, 1.165) is 16.7 Å². The van der Waals surface area contributed by atoms with Crippen LogP contribution in [-0.4, -0.2) is 9.97 Å². The second-order valence-corrected chi connectivity index (χ2v) is 4.58. The van der Waals surface area contributed by atoms with E-state index in [4.69, 9.17) is 0 Å². The molecule has 1 aromatic heterocycles. The maximum atomic E-state index is 13.2. The minimum Gasteiger partial charge on any atom is -0.308 e. The van der Waals surface area contributed by atoms with Gasteiger partial charge in [-0.25, -0.2) is 4.98 Å². The lowest BCUT2D eigenvalue weighted by Gasteiger charge is -2.05. The number of aryl methyl sites for hydroxylation is 3. The molecule has 1 heterocycles. The smallest absolute Gasteiger partial charge is 0.287 e. The van der Waals surface area contributed by atoms with E-state index >= 15 is 0 Å². The molecule has 0 aliphatic carbocycles. The molecule has 18 heavy (non-hydrogen) atoms. The summed E-state index contributed by atoms with van der Waals surface area (Å²) in [7, 11) is 0. The molecule has 94 valence electrons. The number of hydrogen-bond acceptors (Lipinski definition) is 2. The minimum atomic E-state index is -0.806. The molecule has 0 unspecified atom stereocenters. The van der Waals surface area contributed by atoms with Crippen LogP contribution >= 0.6 is 0 Å². The summed E-state index contributed by atoms with van der Waals surface area (Å²) >= 11 is 0. The quantitative estimate of drug-likeness (QED) is 0.884. The van der Waals surface area contributed by atoms with Crippen molar-refractivity contribution in [2.45, 2.75) is 27.2 Å². The van der Waals surface area contributed by atoms with E-state index < -0.39 is 11.4 Å². The van der Waals surface area contributed by atoms with Crippen molar-refractivity contribution >= 4 is 0 Å². The molecule has 0 radical (unpaired) electrons. The van der Waals surface area contributed by atoms with Gasteiger partial charge in [-0.1, -0.05) is 29.3 Å². The maximum absolute atomic E-state index is 13.2. The van der Waals surface area contributed by atoms with Gasteiger partial charge in [-0.15, -0.1) is 0 Å². The zero-order valence-electron chi connectivity index (χ0n) is 10.7.